The number of halogens is 1. The number of hydrogen-bond acceptors (Lipinski definition) is 8. The molecule has 4 heterocycles. The highest BCUT2D eigenvalue weighted by Crippen LogP contribution is 2.28. The Labute approximate surface area is 220 Å². The molecular weight excluding hydrogens is 514 g/mol. The summed E-state index contributed by atoms with van der Waals surface area (Å²) in [5.74, 6) is 1.60. The Morgan fingerprint density at radius 2 is 1.84 bits per heavy atom. The fraction of sp³-hybridized carbons (Fsp3) is 0.192. The molecule has 0 aliphatic carbocycles. The summed E-state index contributed by atoms with van der Waals surface area (Å²) in [5.41, 5.74) is 2.00. The lowest BCUT2D eigenvalue weighted by molar-refractivity contribution is 0.354. The predicted octanol–water partition coefficient (Wildman–Crippen LogP) is 4.01. The van der Waals surface area contributed by atoms with Gasteiger partial charge in [-0.25, -0.2) is 15.0 Å². The van der Waals surface area contributed by atoms with Crippen molar-refractivity contribution < 1.29 is 9.47 Å². The van der Waals surface area contributed by atoms with E-state index in [0.717, 1.165) is 5.56 Å². The second kappa shape index (κ2) is 10.6. The number of thioether (sulfide) groups is 1. The smallest absolute Gasteiger partial charge is 0.263 e. The molecule has 0 amide bonds. The van der Waals surface area contributed by atoms with Gasteiger partial charge < -0.3 is 9.47 Å². The van der Waals surface area contributed by atoms with Gasteiger partial charge in [0, 0.05) is 30.8 Å². The van der Waals surface area contributed by atoms with Crippen LogP contribution in [0.15, 0.2) is 75.7 Å². The molecule has 0 unspecified atom stereocenters. The van der Waals surface area contributed by atoms with E-state index in [9.17, 15) is 9.59 Å². The number of methoxy groups -OCH3 is 2. The Hall–Kier alpha value is -3.89. The molecule has 5 aromatic rings. The number of aryl methyl sites for hydroxylation is 1. The topological polar surface area (TPSA) is 101 Å². The molecule has 0 N–H and O–H groups in total. The Balaban J connectivity index is 1.47. The molecular formula is C26H22ClN5O4S. The molecule has 0 aliphatic rings. The monoisotopic (exact) mass is 535 g/mol. The minimum absolute atomic E-state index is 0.178. The molecule has 0 saturated carbocycles. The van der Waals surface area contributed by atoms with Crippen LogP contribution in [0.5, 0.6) is 11.5 Å². The second-order valence-electron chi connectivity index (χ2n) is 8.11. The van der Waals surface area contributed by atoms with Gasteiger partial charge >= 0.3 is 0 Å². The van der Waals surface area contributed by atoms with Crippen LogP contribution in [0, 0.1) is 0 Å². The Kier molecular flexibility index (Phi) is 7.11. The molecule has 0 spiro atoms. The average Bonchev–Trinajstić information content (AvgIpc) is 2.91. The van der Waals surface area contributed by atoms with Crippen molar-refractivity contribution in [1.82, 2.24) is 23.9 Å². The van der Waals surface area contributed by atoms with Crippen molar-refractivity contribution in [1.29, 1.82) is 0 Å². The van der Waals surface area contributed by atoms with E-state index in [2.05, 4.69) is 15.0 Å². The number of nitrogens with zero attached hydrogens (tertiary/aromatic N) is 5. The van der Waals surface area contributed by atoms with Gasteiger partial charge in [0.15, 0.2) is 22.3 Å². The maximum absolute atomic E-state index is 13.4. The van der Waals surface area contributed by atoms with Crippen LogP contribution >= 0.6 is 23.4 Å². The van der Waals surface area contributed by atoms with E-state index in [4.69, 9.17) is 21.1 Å². The van der Waals surface area contributed by atoms with Crippen molar-refractivity contribution in [2.24, 2.45) is 0 Å². The van der Waals surface area contributed by atoms with E-state index in [1.165, 1.54) is 28.4 Å². The van der Waals surface area contributed by atoms with Crippen LogP contribution < -0.4 is 20.6 Å². The quantitative estimate of drug-likeness (QED) is 0.217. The molecule has 0 radical (unpaired) electrons. The fourth-order valence-electron chi connectivity index (χ4n) is 3.96. The first-order chi connectivity index (χ1) is 18.0. The summed E-state index contributed by atoms with van der Waals surface area (Å²) in [6, 6.07) is 13.9. The third-order valence-electron chi connectivity index (χ3n) is 5.79. The molecule has 0 fully saturated rings. The van der Waals surface area contributed by atoms with E-state index in [-0.39, 0.29) is 11.1 Å². The highest BCUT2D eigenvalue weighted by atomic mass is 35.5. The molecule has 5 rings (SSSR count). The zero-order valence-corrected chi connectivity index (χ0v) is 21.6. The molecule has 37 heavy (non-hydrogen) atoms. The first-order valence-electron chi connectivity index (χ1n) is 11.3. The van der Waals surface area contributed by atoms with E-state index >= 15 is 0 Å². The summed E-state index contributed by atoms with van der Waals surface area (Å²) in [5, 5.41) is 1.39. The van der Waals surface area contributed by atoms with Crippen LogP contribution in [0.1, 0.15) is 11.3 Å². The van der Waals surface area contributed by atoms with Crippen LogP contribution in [-0.4, -0.2) is 38.1 Å². The highest BCUT2D eigenvalue weighted by molar-refractivity contribution is 7.98. The van der Waals surface area contributed by atoms with Gasteiger partial charge in [0.1, 0.15) is 5.65 Å². The van der Waals surface area contributed by atoms with E-state index in [0.29, 0.717) is 62.8 Å². The van der Waals surface area contributed by atoms with Crippen molar-refractivity contribution in [2.45, 2.75) is 23.9 Å². The van der Waals surface area contributed by atoms with Gasteiger partial charge in [-0.2, -0.15) is 0 Å². The average molecular weight is 536 g/mol. The van der Waals surface area contributed by atoms with Crippen molar-refractivity contribution in [2.75, 3.05) is 14.2 Å². The SMILES string of the molecule is COc1ccc(CCn2c(SCc3cc(=O)n4cc(Cl)ccc4n3)nc3ncccc3c2=O)cc1OC. The number of pyridine rings is 2. The largest absolute Gasteiger partial charge is 0.493 e. The maximum Gasteiger partial charge on any atom is 0.263 e. The number of rotatable bonds is 8. The van der Waals surface area contributed by atoms with Crippen molar-refractivity contribution >= 4 is 40.0 Å². The number of ether oxygens (including phenoxy) is 2. The lowest BCUT2D eigenvalue weighted by atomic mass is 10.1. The predicted molar refractivity (Wildman–Crippen MR) is 143 cm³/mol. The Morgan fingerprint density at radius 1 is 1.00 bits per heavy atom. The van der Waals surface area contributed by atoms with Gasteiger partial charge in [-0.15, -0.1) is 0 Å². The lowest BCUT2D eigenvalue weighted by Crippen LogP contribution is -2.24. The van der Waals surface area contributed by atoms with Crippen molar-refractivity contribution in [3.05, 3.63) is 97.9 Å². The molecule has 1 aromatic carbocycles. The van der Waals surface area contributed by atoms with Gasteiger partial charge in [0.25, 0.3) is 11.1 Å². The number of benzene rings is 1. The van der Waals surface area contributed by atoms with Gasteiger partial charge in [-0.05, 0) is 48.4 Å². The Bertz CT molecular complexity index is 1740. The summed E-state index contributed by atoms with van der Waals surface area (Å²) < 4.78 is 13.8. The van der Waals surface area contributed by atoms with Gasteiger partial charge in [0.2, 0.25) is 0 Å². The van der Waals surface area contributed by atoms with Crippen LogP contribution in [0.25, 0.3) is 16.7 Å². The molecule has 0 bridgehead atoms. The zero-order valence-electron chi connectivity index (χ0n) is 20.1. The Morgan fingerprint density at radius 3 is 2.65 bits per heavy atom. The molecule has 0 atom stereocenters. The fourth-order valence-corrected chi connectivity index (χ4v) is 5.03. The molecule has 4 aromatic heterocycles. The van der Waals surface area contributed by atoms with E-state index in [1.807, 2.05) is 18.2 Å². The standard InChI is InChI=1S/C26H22ClN5O4S/c1-35-20-7-5-16(12-21(20)36-2)9-11-31-25(34)19-4-3-10-28-24(19)30-26(31)37-15-18-13-23(33)32-14-17(27)6-8-22(32)29-18/h3-8,10,12-14H,9,11,15H2,1-2H3. The first-order valence-corrected chi connectivity index (χ1v) is 12.7. The minimum atomic E-state index is -0.234. The summed E-state index contributed by atoms with van der Waals surface area (Å²) >= 11 is 7.34. The summed E-state index contributed by atoms with van der Waals surface area (Å²) in [4.78, 5) is 39.5. The number of fused-ring (bicyclic) bond motifs is 2. The summed E-state index contributed by atoms with van der Waals surface area (Å²) in [7, 11) is 3.17. The molecule has 188 valence electrons. The second-order valence-corrected chi connectivity index (χ2v) is 9.49. The molecule has 0 aliphatic heterocycles. The molecule has 0 saturated heterocycles. The molecule has 11 heteroatoms. The zero-order chi connectivity index (χ0) is 25.9. The van der Waals surface area contributed by atoms with Gasteiger partial charge in [-0.1, -0.05) is 29.4 Å². The summed E-state index contributed by atoms with van der Waals surface area (Å²) in [6.45, 7) is 0.390. The summed E-state index contributed by atoms with van der Waals surface area (Å²) in [6.07, 6.45) is 3.71. The van der Waals surface area contributed by atoms with Crippen molar-refractivity contribution in [3.8, 4) is 11.5 Å². The number of hydrogen-bond donors (Lipinski definition) is 0. The molecule has 9 nitrogen and oxygen atoms in total. The normalized spacial score (nSPS) is 11.2. The maximum atomic E-state index is 13.4. The first kappa shape index (κ1) is 24.8. The lowest BCUT2D eigenvalue weighted by Gasteiger charge is -2.14. The van der Waals surface area contributed by atoms with Crippen LogP contribution in [0.2, 0.25) is 5.02 Å². The highest BCUT2D eigenvalue weighted by Gasteiger charge is 2.14. The van der Waals surface area contributed by atoms with Crippen LogP contribution in [0.3, 0.4) is 0 Å². The van der Waals surface area contributed by atoms with Gasteiger partial charge in [0.05, 0.1) is 30.3 Å². The van der Waals surface area contributed by atoms with Gasteiger partial charge in [-0.3, -0.25) is 18.6 Å². The third kappa shape index (κ3) is 5.16. The third-order valence-corrected chi connectivity index (χ3v) is 7.03. The van der Waals surface area contributed by atoms with E-state index in [1.54, 1.807) is 49.2 Å². The van der Waals surface area contributed by atoms with Crippen LogP contribution in [-0.2, 0) is 18.7 Å². The van der Waals surface area contributed by atoms with E-state index < -0.39 is 0 Å². The van der Waals surface area contributed by atoms with Crippen LogP contribution in [0.4, 0.5) is 0 Å². The number of aromatic nitrogens is 5. The minimum Gasteiger partial charge on any atom is -0.493 e. The van der Waals surface area contributed by atoms with Crippen molar-refractivity contribution in [3.63, 3.8) is 0 Å².